The minimum absolute atomic E-state index is 0.0175. The number of rotatable bonds is 3. The molecule has 2 aromatic heterocycles. The van der Waals surface area contributed by atoms with Crippen LogP contribution >= 0.6 is 23.2 Å². The van der Waals surface area contributed by atoms with E-state index in [9.17, 15) is 4.79 Å². The number of hydrogen-bond donors (Lipinski definition) is 1. The van der Waals surface area contributed by atoms with Gasteiger partial charge in [-0.25, -0.2) is 4.98 Å². The number of carbonyl (C=O) groups is 1. The summed E-state index contributed by atoms with van der Waals surface area (Å²) in [5.41, 5.74) is 4.17. The fraction of sp³-hybridized carbons (Fsp3) is 0.238. The Morgan fingerprint density at radius 1 is 1.13 bits per heavy atom. The van der Waals surface area contributed by atoms with E-state index < -0.39 is 0 Å². The van der Waals surface area contributed by atoms with Gasteiger partial charge < -0.3 is 9.88 Å². The van der Waals surface area contributed by atoms with Gasteiger partial charge in [0, 0.05) is 29.7 Å². The molecular weight excluding hydrogens is 423 g/mol. The molecule has 3 heterocycles. The van der Waals surface area contributed by atoms with Crippen molar-refractivity contribution in [2.75, 3.05) is 0 Å². The highest BCUT2D eigenvalue weighted by Crippen LogP contribution is 2.28. The zero-order valence-electron chi connectivity index (χ0n) is 16.1. The van der Waals surface area contributed by atoms with Crippen molar-refractivity contribution in [3.8, 4) is 5.69 Å². The molecular formula is C21H18Cl2N6O. The number of carbonyl (C=O) groups excluding carboxylic acids is 1. The van der Waals surface area contributed by atoms with Crippen LogP contribution in [0.2, 0.25) is 10.0 Å². The van der Waals surface area contributed by atoms with Crippen molar-refractivity contribution >= 4 is 40.1 Å². The lowest BCUT2D eigenvalue weighted by Gasteiger charge is -2.25. The SMILES string of the molecule is Cc1cc2nc3n(c2cc1Cl)C[C@H](NC(=O)c1ccc(-n2cnnc2)cc1Cl)CC3. The zero-order chi connectivity index (χ0) is 20.8. The average Bonchev–Trinajstić information content (AvgIpc) is 3.37. The molecule has 1 aliphatic rings. The standard InChI is InChI=1S/C21H18Cl2N6O/c1-12-6-18-19(8-16(12)22)29-9-13(2-5-20(29)27-18)26-21(30)15-4-3-14(7-17(15)23)28-10-24-25-11-28/h3-4,6-8,10-11,13H,2,5,9H2,1H3,(H,26,30)/t13-/m1/s1. The van der Waals surface area contributed by atoms with E-state index in [-0.39, 0.29) is 11.9 Å². The molecule has 30 heavy (non-hydrogen) atoms. The third kappa shape index (κ3) is 3.34. The van der Waals surface area contributed by atoms with Gasteiger partial charge >= 0.3 is 0 Å². The molecule has 0 radical (unpaired) electrons. The van der Waals surface area contributed by atoms with Gasteiger partial charge in [0.2, 0.25) is 0 Å². The topological polar surface area (TPSA) is 77.6 Å². The molecule has 5 rings (SSSR count). The Hall–Kier alpha value is -2.90. The van der Waals surface area contributed by atoms with Crippen LogP contribution < -0.4 is 5.32 Å². The number of nitrogens with one attached hydrogen (secondary N) is 1. The van der Waals surface area contributed by atoms with Gasteiger partial charge in [0.25, 0.3) is 5.91 Å². The van der Waals surface area contributed by atoms with Crippen LogP contribution in [0.5, 0.6) is 0 Å². The van der Waals surface area contributed by atoms with E-state index in [0.717, 1.165) is 46.0 Å². The Kier molecular flexibility index (Phi) is 4.72. The molecule has 0 unspecified atom stereocenters. The van der Waals surface area contributed by atoms with Crippen LogP contribution in [0.1, 0.15) is 28.2 Å². The normalized spacial score (nSPS) is 15.9. The summed E-state index contributed by atoms with van der Waals surface area (Å²) in [5.74, 6) is 0.829. The molecule has 0 spiro atoms. The average molecular weight is 441 g/mol. The second-order valence-corrected chi connectivity index (χ2v) is 8.29. The van der Waals surface area contributed by atoms with Gasteiger partial charge in [0.15, 0.2) is 0 Å². The second kappa shape index (κ2) is 7.41. The largest absolute Gasteiger partial charge is 0.347 e. The zero-order valence-corrected chi connectivity index (χ0v) is 17.7. The van der Waals surface area contributed by atoms with E-state index in [1.807, 2.05) is 25.1 Å². The smallest absolute Gasteiger partial charge is 0.253 e. The molecule has 7 nitrogen and oxygen atoms in total. The summed E-state index contributed by atoms with van der Waals surface area (Å²) in [7, 11) is 0. The lowest BCUT2D eigenvalue weighted by molar-refractivity contribution is 0.0928. The molecule has 9 heteroatoms. The lowest BCUT2D eigenvalue weighted by atomic mass is 10.1. The van der Waals surface area contributed by atoms with Crippen molar-refractivity contribution in [2.24, 2.45) is 0 Å². The number of benzene rings is 2. The molecule has 1 N–H and O–H groups in total. The number of nitrogens with zero attached hydrogens (tertiary/aromatic N) is 5. The summed E-state index contributed by atoms with van der Waals surface area (Å²) < 4.78 is 3.87. The van der Waals surface area contributed by atoms with Crippen LogP contribution in [0.25, 0.3) is 16.7 Å². The molecule has 0 aliphatic carbocycles. The monoisotopic (exact) mass is 440 g/mol. The summed E-state index contributed by atoms with van der Waals surface area (Å²) in [4.78, 5) is 17.6. The maximum Gasteiger partial charge on any atom is 0.253 e. The Balaban J connectivity index is 1.36. The summed E-state index contributed by atoms with van der Waals surface area (Å²) in [6.45, 7) is 2.62. The Morgan fingerprint density at radius 2 is 1.93 bits per heavy atom. The highest BCUT2D eigenvalue weighted by molar-refractivity contribution is 6.34. The third-order valence-electron chi connectivity index (χ3n) is 5.48. The highest BCUT2D eigenvalue weighted by atomic mass is 35.5. The number of imidazole rings is 1. The fourth-order valence-electron chi connectivity index (χ4n) is 3.87. The lowest BCUT2D eigenvalue weighted by Crippen LogP contribution is -2.41. The molecule has 152 valence electrons. The van der Waals surface area contributed by atoms with Crippen LogP contribution in [-0.4, -0.2) is 36.3 Å². The predicted molar refractivity (Wildman–Crippen MR) is 115 cm³/mol. The summed E-state index contributed by atoms with van der Waals surface area (Å²) >= 11 is 12.7. The first kappa shape index (κ1) is 19.1. The van der Waals surface area contributed by atoms with E-state index >= 15 is 0 Å². The van der Waals surface area contributed by atoms with Gasteiger partial charge in [0.05, 0.1) is 21.6 Å². The maximum atomic E-state index is 12.9. The molecule has 0 fully saturated rings. The highest BCUT2D eigenvalue weighted by Gasteiger charge is 2.24. The van der Waals surface area contributed by atoms with Crippen molar-refractivity contribution in [3.63, 3.8) is 0 Å². The number of hydrogen-bond acceptors (Lipinski definition) is 4. The first-order chi connectivity index (χ1) is 14.5. The first-order valence-electron chi connectivity index (χ1n) is 9.60. The van der Waals surface area contributed by atoms with Crippen molar-refractivity contribution < 1.29 is 4.79 Å². The second-order valence-electron chi connectivity index (χ2n) is 7.47. The van der Waals surface area contributed by atoms with Gasteiger partial charge in [-0.1, -0.05) is 23.2 Å². The number of halogens is 2. The molecule has 0 bridgehead atoms. The third-order valence-corrected chi connectivity index (χ3v) is 6.20. The molecule has 0 saturated carbocycles. The van der Waals surface area contributed by atoms with E-state index in [1.54, 1.807) is 29.4 Å². The molecule has 4 aromatic rings. The predicted octanol–water partition coefficient (Wildman–Crippen LogP) is 3.98. The van der Waals surface area contributed by atoms with Gasteiger partial charge in [-0.2, -0.15) is 0 Å². The Bertz CT molecular complexity index is 1260. The van der Waals surface area contributed by atoms with Crippen molar-refractivity contribution in [3.05, 3.63) is 70.0 Å². The molecule has 1 atom stereocenters. The minimum atomic E-state index is -0.193. The quantitative estimate of drug-likeness (QED) is 0.522. The van der Waals surface area contributed by atoms with Crippen LogP contribution in [-0.2, 0) is 13.0 Å². The van der Waals surface area contributed by atoms with Gasteiger partial charge in [-0.05, 0) is 49.2 Å². The van der Waals surface area contributed by atoms with Crippen molar-refractivity contribution in [2.45, 2.75) is 32.4 Å². The molecule has 1 amide bonds. The summed E-state index contributed by atoms with van der Waals surface area (Å²) in [5, 5.41) is 11.8. The van der Waals surface area contributed by atoms with Crippen LogP contribution in [0, 0.1) is 6.92 Å². The number of aromatic nitrogens is 5. The van der Waals surface area contributed by atoms with Crippen molar-refractivity contribution in [1.82, 2.24) is 29.6 Å². The van der Waals surface area contributed by atoms with E-state index in [1.165, 1.54) is 0 Å². The molecule has 1 aliphatic heterocycles. The van der Waals surface area contributed by atoms with Crippen molar-refractivity contribution in [1.29, 1.82) is 0 Å². The summed E-state index contributed by atoms with van der Waals surface area (Å²) in [6.07, 6.45) is 4.76. The van der Waals surface area contributed by atoms with E-state index in [2.05, 4.69) is 20.1 Å². The van der Waals surface area contributed by atoms with Crippen LogP contribution in [0.3, 0.4) is 0 Å². The number of fused-ring (bicyclic) bond motifs is 3. The van der Waals surface area contributed by atoms with Gasteiger partial charge in [0.1, 0.15) is 18.5 Å². The minimum Gasteiger partial charge on any atom is -0.347 e. The van der Waals surface area contributed by atoms with Crippen LogP contribution in [0.4, 0.5) is 0 Å². The van der Waals surface area contributed by atoms with Gasteiger partial charge in [-0.15, -0.1) is 10.2 Å². The Morgan fingerprint density at radius 3 is 2.70 bits per heavy atom. The van der Waals surface area contributed by atoms with Gasteiger partial charge in [-0.3, -0.25) is 9.36 Å². The number of aryl methyl sites for hydroxylation is 2. The number of amides is 1. The first-order valence-corrected chi connectivity index (χ1v) is 10.4. The maximum absolute atomic E-state index is 12.9. The van der Waals surface area contributed by atoms with E-state index in [0.29, 0.717) is 17.1 Å². The molecule has 0 saturated heterocycles. The van der Waals surface area contributed by atoms with Crippen LogP contribution in [0.15, 0.2) is 43.0 Å². The molecule has 2 aromatic carbocycles. The fourth-order valence-corrected chi connectivity index (χ4v) is 4.29. The summed E-state index contributed by atoms with van der Waals surface area (Å²) in [6, 6.07) is 9.21. The Labute approximate surface area is 182 Å². The van der Waals surface area contributed by atoms with E-state index in [4.69, 9.17) is 28.2 Å².